The lowest BCUT2D eigenvalue weighted by molar-refractivity contribution is 1.24. The van der Waals surface area contributed by atoms with Crippen LogP contribution in [0.2, 0.25) is 0 Å². The number of nitrogens with zero attached hydrogens (tertiary/aromatic N) is 6. The third kappa shape index (κ3) is 6.79. The molecule has 0 atom stereocenters. The molecule has 0 aliphatic carbocycles. The highest BCUT2D eigenvalue weighted by Gasteiger charge is 2.12. The van der Waals surface area contributed by atoms with Gasteiger partial charge in [0.25, 0.3) is 0 Å². The van der Waals surface area contributed by atoms with Crippen molar-refractivity contribution < 1.29 is 0 Å². The van der Waals surface area contributed by atoms with E-state index in [1.54, 1.807) is 12.4 Å². The van der Waals surface area contributed by atoms with E-state index in [2.05, 4.69) is 105 Å². The van der Waals surface area contributed by atoms with Gasteiger partial charge in [0.15, 0.2) is 0 Å². The van der Waals surface area contributed by atoms with Crippen molar-refractivity contribution in [1.29, 1.82) is 0 Å². The van der Waals surface area contributed by atoms with Crippen LogP contribution in [0.4, 0.5) is 0 Å². The number of pyridine rings is 6. The van der Waals surface area contributed by atoms with Crippen LogP contribution in [0.25, 0.3) is 89.8 Å². The van der Waals surface area contributed by atoms with Crippen molar-refractivity contribution in [3.63, 3.8) is 0 Å². The molecule has 6 nitrogen and oxygen atoms in total. The van der Waals surface area contributed by atoms with Crippen molar-refractivity contribution in [1.82, 2.24) is 29.9 Å². The number of rotatable bonds is 8. The minimum Gasteiger partial charge on any atom is -0.256 e. The molecule has 6 heterocycles. The smallest absolute Gasteiger partial charge is 0.0886 e. The van der Waals surface area contributed by atoms with E-state index in [1.165, 1.54) is 0 Å². The van der Waals surface area contributed by atoms with Crippen molar-refractivity contribution in [2.45, 2.75) is 0 Å². The predicted molar refractivity (Wildman–Crippen MR) is 217 cm³/mol. The summed E-state index contributed by atoms with van der Waals surface area (Å²) < 4.78 is 0. The third-order valence-electron chi connectivity index (χ3n) is 9.44. The maximum atomic E-state index is 4.78. The Morgan fingerprint density at radius 1 is 0.222 bits per heavy atom. The molecular weight excluding hydrogens is 661 g/mol. The predicted octanol–water partition coefficient (Wildman–Crippen LogP) is 11.4. The first kappa shape index (κ1) is 32.5. The van der Waals surface area contributed by atoms with Crippen molar-refractivity contribution in [3.05, 3.63) is 195 Å². The van der Waals surface area contributed by atoms with Crippen molar-refractivity contribution in [3.8, 4) is 89.8 Å². The number of hydrogen-bond acceptors (Lipinski definition) is 6. The monoisotopic (exact) mass is 692 g/mol. The minimum atomic E-state index is 0.821. The fourth-order valence-electron chi connectivity index (χ4n) is 6.61. The molecule has 0 N–H and O–H groups in total. The Balaban J connectivity index is 0.945. The van der Waals surface area contributed by atoms with Crippen LogP contribution in [0.5, 0.6) is 0 Å². The van der Waals surface area contributed by atoms with E-state index >= 15 is 0 Å². The van der Waals surface area contributed by atoms with Crippen molar-refractivity contribution >= 4 is 0 Å². The fourth-order valence-corrected chi connectivity index (χ4v) is 6.61. The summed E-state index contributed by atoms with van der Waals surface area (Å²) in [5, 5.41) is 0. The molecule has 0 bridgehead atoms. The van der Waals surface area contributed by atoms with Crippen LogP contribution in [0, 0.1) is 0 Å². The zero-order valence-electron chi connectivity index (χ0n) is 29.2. The van der Waals surface area contributed by atoms with E-state index in [4.69, 9.17) is 9.97 Å². The highest BCUT2D eigenvalue weighted by atomic mass is 14.8. The standard InChI is InChI=1S/C48H32N6/c1-2-14-42(36-12-8-10-34(28-36)38-18-22-46(52-30-38)48-24-20-40(32-54-48)44-16-4-6-26-50-44)41(13-1)35-11-7-9-33(27-35)37-17-21-45(51-29-37)47-23-19-39(31-53-47)43-15-3-5-25-49-43/h1-32H. The molecule has 9 aromatic rings. The molecule has 9 rings (SSSR count). The average Bonchev–Trinajstić information content (AvgIpc) is 3.27. The first-order chi connectivity index (χ1) is 26.7. The summed E-state index contributed by atoms with van der Waals surface area (Å²) >= 11 is 0. The van der Waals surface area contributed by atoms with Gasteiger partial charge in [-0.1, -0.05) is 84.9 Å². The van der Waals surface area contributed by atoms with Gasteiger partial charge in [-0.15, -0.1) is 0 Å². The summed E-state index contributed by atoms with van der Waals surface area (Å²) in [6.07, 6.45) is 11.1. The molecule has 0 saturated heterocycles. The van der Waals surface area contributed by atoms with Crippen LogP contribution < -0.4 is 0 Å². The van der Waals surface area contributed by atoms with Gasteiger partial charge < -0.3 is 0 Å². The van der Waals surface area contributed by atoms with Gasteiger partial charge >= 0.3 is 0 Å². The van der Waals surface area contributed by atoms with E-state index in [0.717, 1.165) is 89.8 Å². The molecule has 0 aliphatic heterocycles. The number of aromatic nitrogens is 6. The average molecular weight is 693 g/mol. The molecule has 0 radical (unpaired) electrons. The topological polar surface area (TPSA) is 77.3 Å². The Morgan fingerprint density at radius 2 is 0.593 bits per heavy atom. The molecule has 0 aliphatic rings. The maximum absolute atomic E-state index is 4.78. The lowest BCUT2D eigenvalue weighted by atomic mass is 9.91. The van der Waals surface area contributed by atoms with Gasteiger partial charge in [-0.25, -0.2) is 0 Å². The van der Waals surface area contributed by atoms with Gasteiger partial charge in [0, 0.05) is 59.4 Å². The molecule has 6 heteroatoms. The fraction of sp³-hybridized carbons (Fsp3) is 0. The highest BCUT2D eigenvalue weighted by molar-refractivity contribution is 5.87. The molecule has 3 aromatic carbocycles. The van der Waals surface area contributed by atoms with Gasteiger partial charge in [-0.05, 0) is 106 Å². The molecule has 54 heavy (non-hydrogen) atoms. The van der Waals surface area contributed by atoms with Gasteiger partial charge in [0.05, 0.1) is 34.2 Å². The van der Waals surface area contributed by atoms with Crippen molar-refractivity contribution in [2.24, 2.45) is 0 Å². The van der Waals surface area contributed by atoms with E-state index in [9.17, 15) is 0 Å². The molecule has 0 unspecified atom stereocenters. The Morgan fingerprint density at radius 3 is 0.944 bits per heavy atom. The number of hydrogen-bond donors (Lipinski definition) is 0. The minimum absolute atomic E-state index is 0.821. The molecule has 0 amide bonds. The lowest BCUT2D eigenvalue weighted by Crippen LogP contribution is -1.91. The van der Waals surface area contributed by atoms with Crippen LogP contribution in [-0.4, -0.2) is 29.9 Å². The third-order valence-corrected chi connectivity index (χ3v) is 9.44. The van der Waals surface area contributed by atoms with Gasteiger partial charge in [0.2, 0.25) is 0 Å². The zero-order chi connectivity index (χ0) is 36.1. The second kappa shape index (κ2) is 14.7. The molecule has 254 valence electrons. The first-order valence-electron chi connectivity index (χ1n) is 17.7. The van der Waals surface area contributed by atoms with E-state index in [0.29, 0.717) is 0 Å². The maximum Gasteiger partial charge on any atom is 0.0886 e. The molecule has 0 fully saturated rings. The van der Waals surface area contributed by atoms with Crippen LogP contribution in [-0.2, 0) is 0 Å². The van der Waals surface area contributed by atoms with E-state index < -0.39 is 0 Å². The summed E-state index contributed by atoms with van der Waals surface area (Å²) in [7, 11) is 0. The zero-order valence-corrected chi connectivity index (χ0v) is 29.2. The second-order valence-corrected chi connectivity index (χ2v) is 12.9. The van der Waals surface area contributed by atoms with Gasteiger partial charge in [0.1, 0.15) is 0 Å². The SMILES string of the molecule is c1ccc(-c2ccc(-c3ccc(-c4cccc(-c5ccccc5-c5cccc(-c6ccc(-c7ccc(-c8ccccn8)cn7)nc6)c5)c4)cn3)nc2)nc1. The van der Waals surface area contributed by atoms with Crippen LogP contribution in [0.1, 0.15) is 0 Å². The van der Waals surface area contributed by atoms with Gasteiger partial charge in [-0.3, -0.25) is 29.9 Å². The molecule has 0 spiro atoms. The van der Waals surface area contributed by atoms with Crippen LogP contribution in [0.3, 0.4) is 0 Å². The Hall–Kier alpha value is -7.44. The van der Waals surface area contributed by atoms with Crippen LogP contribution >= 0.6 is 0 Å². The van der Waals surface area contributed by atoms with Gasteiger partial charge in [-0.2, -0.15) is 0 Å². The number of benzene rings is 3. The summed E-state index contributed by atoms with van der Waals surface area (Å²) in [4.78, 5) is 27.7. The summed E-state index contributed by atoms with van der Waals surface area (Å²) in [5.41, 5.74) is 15.9. The Kier molecular flexibility index (Phi) is 8.81. The first-order valence-corrected chi connectivity index (χ1v) is 17.7. The Bertz CT molecular complexity index is 2470. The van der Waals surface area contributed by atoms with Crippen LogP contribution in [0.15, 0.2) is 195 Å². The summed E-state index contributed by atoms with van der Waals surface area (Å²) in [6.45, 7) is 0. The molecular formula is C48H32N6. The second-order valence-electron chi connectivity index (χ2n) is 12.9. The Labute approximate surface area is 313 Å². The quantitative estimate of drug-likeness (QED) is 0.158. The lowest BCUT2D eigenvalue weighted by Gasteiger charge is -2.13. The summed E-state index contributed by atoms with van der Waals surface area (Å²) in [6, 6.07) is 53.9. The largest absolute Gasteiger partial charge is 0.256 e. The molecule has 0 saturated carbocycles. The van der Waals surface area contributed by atoms with E-state index in [1.807, 2.05) is 97.6 Å². The van der Waals surface area contributed by atoms with E-state index in [-0.39, 0.29) is 0 Å². The highest BCUT2D eigenvalue weighted by Crippen LogP contribution is 2.36. The summed E-state index contributed by atoms with van der Waals surface area (Å²) in [5.74, 6) is 0. The normalized spacial score (nSPS) is 11.0. The molecule has 6 aromatic heterocycles. The van der Waals surface area contributed by atoms with Crippen molar-refractivity contribution in [2.75, 3.05) is 0 Å².